The van der Waals surface area contributed by atoms with Gasteiger partial charge in [0, 0.05) is 6.04 Å². The van der Waals surface area contributed by atoms with E-state index in [1.54, 1.807) is 25.1 Å². The van der Waals surface area contributed by atoms with Crippen molar-refractivity contribution in [1.82, 2.24) is 5.32 Å². The Morgan fingerprint density at radius 2 is 2.00 bits per heavy atom. The van der Waals surface area contributed by atoms with Crippen LogP contribution >= 0.6 is 11.6 Å². The number of aliphatic hydroxyl groups excluding tert-OH is 1. The van der Waals surface area contributed by atoms with Crippen LogP contribution in [0.3, 0.4) is 0 Å². The van der Waals surface area contributed by atoms with Crippen LogP contribution in [0.2, 0.25) is 5.02 Å². The molecule has 2 N–H and O–H groups in total. The van der Waals surface area contributed by atoms with E-state index in [0.29, 0.717) is 22.3 Å². The Kier molecular flexibility index (Phi) is 6.30. The minimum atomic E-state index is -0.586. The van der Waals surface area contributed by atoms with Gasteiger partial charge in [0.05, 0.1) is 11.1 Å². The van der Waals surface area contributed by atoms with Gasteiger partial charge in [-0.05, 0) is 37.5 Å². The van der Waals surface area contributed by atoms with Gasteiger partial charge in [-0.3, -0.25) is 4.79 Å². The van der Waals surface area contributed by atoms with Gasteiger partial charge in [0.2, 0.25) is 0 Å². The first-order valence-electron chi connectivity index (χ1n) is 6.71. The fourth-order valence-electron chi connectivity index (χ4n) is 1.50. The molecule has 0 spiro atoms. The number of rotatable bonds is 6. The van der Waals surface area contributed by atoms with Crippen LogP contribution in [0.5, 0.6) is 5.75 Å². The first-order valence-corrected chi connectivity index (χ1v) is 7.08. The molecule has 0 radical (unpaired) electrons. The van der Waals surface area contributed by atoms with E-state index in [1.165, 1.54) is 0 Å². The van der Waals surface area contributed by atoms with Crippen LogP contribution in [0.25, 0.3) is 0 Å². The van der Waals surface area contributed by atoms with Crippen molar-refractivity contribution in [2.45, 2.75) is 39.8 Å². The number of carbonyl (C=O) groups excluding carboxylic acids is 1. The van der Waals surface area contributed by atoms with Crippen LogP contribution in [-0.2, 0) is 4.79 Å². The lowest BCUT2D eigenvalue weighted by atomic mass is 10.1. The molecule has 5 heteroatoms. The quantitative estimate of drug-likeness (QED) is 0.849. The van der Waals surface area contributed by atoms with Crippen molar-refractivity contribution >= 4 is 17.5 Å². The van der Waals surface area contributed by atoms with E-state index in [4.69, 9.17) is 16.3 Å². The highest BCUT2D eigenvalue weighted by Gasteiger charge is 2.12. The Balaban J connectivity index is 2.56. The van der Waals surface area contributed by atoms with Crippen molar-refractivity contribution < 1.29 is 14.6 Å². The standard InChI is InChI=1S/C15H22ClNO3/c1-9(2)10(3)17-15(19)8-20-14-6-5-12(11(4)18)7-13(14)16/h5-7,9-11,18H,8H2,1-4H3,(H,17,19)/t10?,11-/m1/s1. The molecule has 20 heavy (non-hydrogen) atoms. The minimum Gasteiger partial charge on any atom is -0.482 e. The number of hydrogen-bond donors (Lipinski definition) is 2. The fourth-order valence-corrected chi connectivity index (χ4v) is 1.74. The molecule has 4 nitrogen and oxygen atoms in total. The third-order valence-electron chi connectivity index (χ3n) is 3.19. The van der Waals surface area contributed by atoms with Gasteiger partial charge in [-0.25, -0.2) is 0 Å². The Hall–Kier alpha value is -1.26. The van der Waals surface area contributed by atoms with Gasteiger partial charge < -0.3 is 15.2 Å². The molecule has 112 valence electrons. The molecule has 2 atom stereocenters. The van der Waals surface area contributed by atoms with Crippen LogP contribution in [0.1, 0.15) is 39.4 Å². The molecule has 1 rings (SSSR count). The van der Waals surface area contributed by atoms with Gasteiger partial charge in [0.15, 0.2) is 6.61 Å². The second kappa shape index (κ2) is 7.50. The molecule has 1 unspecified atom stereocenters. The average Bonchev–Trinajstić information content (AvgIpc) is 2.36. The van der Waals surface area contributed by atoms with E-state index in [9.17, 15) is 9.90 Å². The smallest absolute Gasteiger partial charge is 0.258 e. The zero-order valence-corrected chi connectivity index (χ0v) is 13.1. The minimum absolute atomic E-state index is 0.0786. The van der Waals surface area contributed by atoms with Crippen molar-refractivity contribution in [3.63, 3.8) is 0 Å². The van der Waals surface area contributed by atoms with E-state index in [-0.39, 0.29) is 18.6 Å². The van der Waals surface area contributed by atoms with E-state index in [2.05, 4.69) is 5.32 Å². The molecule has 0 aromatic heterocycles. The average molecular weight is 300 g/mol. The number of aliphatic hydroxyl groups is 1. The Morgan fingerprint density at radius 3 is 2.50 bits per heavy atom. The number of hydrogen-bond acceptors (Lipinski definition) is 3. The lowest BCUT2D eigenvalue weighted by Crippen LogP contribution is -2.38. The summed E-state index contributed by atoms with van der Waals surface area (Å²) in [6, 6.07) is 5.11. The Morgan fingerprint density at radius 1 is 1.35 bits per heavy atom. The summed E-state index contributed by atoms with van der Waals surface area (Å²) in [6.45, 7) is 7.61. The van der Waals surface area contributed by atoms with E-state index >= 15 is 0 Å². The fraction of sp³-hybridized carbons (Fsp3) is 0.533. The normalized spacial score (nSPS) is 13.9. The second-order valence-electron chi connectivity index (χ2n) is 5.25. The van der Waals surface area contributed by atoms with Gasteiger partial charge in [-0.1, -0.05) is 31.5 Å². The first-order chi connectivity index (χ1) is 9.31. The third-order valence-corrected chi connectivity index (χ3v) is 3.48. The summed E-state index contributed by atoms with van der Waals surface area (Å²) >= 11 is 6.05. The summed E-state index contributed by atoms with van der Waals surface area (Å²) < 4.78 is 5.39. The predicted octanol–water partition coefficient (Wildman–Crippen LogP) is 2.93. The topological polar surface area (TPSA) is 58.6 Å². The number of ether oxygens (including phenoxy) is 1. The monoisotopic (exact) mass is 299 g/mol. The van der Waals surface area contributed by atoms with E-state index in [0.717, 1.165) is 0 Å². The molecule has 0 saturated heterocycles. The maximum Gasteiger partial charge on any atom is 0.258 e. The van der Waals surface area contributed by atoms with Crippen molar-refractivity contribution in [3.05, 3.63) is 28.8 Å². The van der Waals surface area contributed by atoms with Gasteiger partial charge >= 0.3 is 0 Å². The molecule has 0 bridgehead atoms. The van der Waals surface area contributed by atoms with Gasteiger partial charge in [0.1, 0.15) is 5.75 Å². The van der Waals surface area contributed by atoms with Crippen LogP contribution in [0.4, 0.5) is 0 Å². The summed E-state index contributed by atoms with van der Waals surface area (Å²) in [5.41, 5.74) is 0.709. The molecular weight excluding hydrogens is 278 g/mol. The third kappa shape index (κ3) is 5.02. The zero-order valence-electron chi connectivity index (χ0n) is 12.3. The summed E-state index contributed by atoms with van der Waals surface area (Å²) in [4.78, 5) is 11.7. The van der Waals surface area contributed by atoms with E-state index in [1.807, 2.05) is 20.8 Å². The Bertz CT molecular complexity index is 460. The largest absolute Gasteiger partial charge is 0.482 e. The number of amides is 1. The van der Waals surface area contributed by atoms with Crippen molar-refractivity contribution in [2.75, 3.05) is 6.61 Å². The lowest BCUT2D eigenvalue weighted by molar-refractivity contribution is -0.124. The molecule has 1 aromatic rings. The Labute approximate surface area is 125 Å². The van der Waals surface area contributed by atoms with Crippen molar-refractivity contribution in [3.8, 4) is 5.75 Å². The van der Waals surface area contributed by atoms with Crippen LogP contribution in [0.15, 0.2) is 18.2 Å². The summed E-state index contributed by atoms with van der Waals surface area (Å²) in [7, 11) is 0. The van der Waals surface area contributed by atoms with Crippen LogP contribution < -0.4 is 10.1 Å². The predicted molar refractivity (Wildman–Crippen MR) is 80.0 cm³/mol. The highest BCUT2D eigenvalue weighted by molar-refractivity contribution is 6.32. The van der Waals surface area contributed by atoms with Gasteiger partial charge in [-0.2, -0.15) is 0 Å². The number of halogens is 1. The molecule has 0 aliphatic heterocycles. The molecule has 0 heterocycles. The summed E-state index contributed by atoms with van der Waals surface area (Å²) in [6.07, 6.45) is -0.586. The zero-order chi connectivity index (χ0) is 15.3. The molecule has 0 aliphatic rings. The molecule has 0 fully saturated rings. The maximum absolute atomic E-state index is 11.7. The van der Waals surface area contributed by atoms with Crippen LogP contribution in [-0.4, -0.2) is 23.7 Å². The SMILES string of the molecule is CC(C)C(C)NC(=O)COc1ccc([C@@H](C)O)cc1Cl. The van der Waals surface area contributed by atoms with E-state index < -0.39 is 6.10 Å². The molecule has 0 saturated carbocycles. The number of benzene rings is 1. The van der Waals surface area contributed by atoms with Gasteiger partial charge in [-0.15, -0.1) is 0 Å². The molecular formula is C15H22ClNO3. The highest BCUT2D eigenvalue weighted by Crippen LogP contribution is 2.27. The highest BCUT2D eigenvalue weighted by atomic mass is 35.5. The maximum atomic E-state index is 11.7. The molecule has 0 aliphatic carbocycles. The molecule has 1 aromatic carbocycles. The van der Waals surface area contributed by atoms with Crippen molar-refractivity contribution in [1.29, 1.82) is 0 Å². The lowest BCUT2D eigenvalue weighted by Gasteiger charge is -2.17. The first kappa shape index (κ1) is 16.8. The van der Waals surface area contributed by atoms with Crippen molar-refractivity contribution in [2.24, 2.45) is 5.92 Å². The van der Waals surface area contributed by atoms with Crippen LogP contribution in [0, 0.1) is 5.92 Å². The summed E-state index contributed by atoms with van der Waals surface area (Å²) in [5, 5.41) is 12.7. The number of nitrogens with one attached hydrogen (secondary N) is 1. The number of carbonyl (C=O) groups is 1. The molecule has 1 amide bonds. The van der Waals surface area contributed by atoms with Gasteiger partial charge in [0.25, 0.3) is 5.91 Å². The summed E-state index contributed by atoms with van der Waals surface area (Å²) in [5.74, 6) is 0.623. The second-order valence-corrected chi connectivity index (χ2v) is 5.66.